The van der Waals surface area contributed by atoms with Gasteiger partial charge in [0.2, 0.25) is 5.91 Å². The van der Waals surface area contributed by atoms with Crippen LogP contribution in [0.3, 0.4) is 0 Å². The summed E-state index contributed by atoms with van der Waals surface area (Å²) in [5.41, 5.74) is 1.20. The molecule has 6 nitrogen and oxygen atoms in total. The molecule has 25 heavy (non-hydrogen) atoms. The van der Waals surface area contributed by atoms with Crippen molar-refractivity contribution in [3.8, 4) is 0 Å². The highest BCUT2D eigenvalue weighted by molar-refractivity contribution is 5.80. The number of nitrogens with zero attached hydrogens (tertiary/aromatic N) is 5. The second kappa shape index (κ2) is 7.17. The minimum atomic E-state index is 0.0400. The maximum absolute atomic E-state index is 13.2. The van der Waals surface area contributed by atoms with E-state index >= 15 is 0 Å². The molecule has 6 heteroatoms. The zero-order valence-electron chi connectivity index (χ0n) is 14.3. The molecule has 0 bridgehead atoms. The predicted octanol–water partition coefficient (Wildman–Crippen LogP) is 2.45. The van der Waals surface area contributed by atoms with Gasteiger partial charge in [0.05, 0.1) is 18.2 Å². The van der Waals surface area contributed by atoms with Gasteiger partial charge in [-0.25, -0.2) is 4.98 Å². The van der Waals surface area contributed by atoms with Crippen LogP contribution >= 0.6 is 0 Å². The Kier molecular flexibility index (Phi) is 4.59. The molecule has 1 amide bonds. The molecule has 0 radical (unpaired) electrons. The molecule has 2 aromatic heterocycles. The lowest BCUT2D eigenvalue weighted by molar-refractivity contribution is -0.136. The van der Waals surface area contributed by atoms with E-state index in [2.05, 4.69) is 24.8 Å². The third-order valence-electron chi connectivity index (χ3n) is 5.27. The first kappa shape index (κ1) is 16.0. The number of carbonyl (C=O) groups excluding carboxylic acids is 1. The number of amides is 1. The topological polar surface area (TPSA) is 62.2 Å². The molecule has 4 rings (SSSR count). The number of rotatable bonds is 3. The third-order valence-corrected chi connectivity index (χ3v) is 5.27. The summed E-state index contributed by atoms with van der Waals surface area (Å²) in [6.45, 7) is 2.53. The molecule has 4 heterocycles. The van der Waals surface area contributed by atoms with Crippen molar-refractivity contribution in [2.24, 2.45) is 5.92 Å². The molecule has 130 valence electrons. The van der Waals surface area contributed by atoms with Crippen LogP contribution in [-0.2, 0) is 4.79 Å². The van der Waals surface area contributed by atoms with E-state index in [1.807, 2.05) is 24.5 Å². The van der Waals surface area contributed by atoms with E-state index in [0.29, 0.717) is 0 Å². The Morgan fingerprint density at radius 2 is 1.84 bits per heavy atom. The van der Waals surface area contributed by atoms with Crippen molar-refractivity contribution in [2.45, 2.75) is 31.7 Å². The largest absolute Gasteiger partial charge is 0.355 e. The van der Waals surface area contributed by atoms with Crippen molar-refractivity contribution < 1.29 is 4.79 Å². The molecule has 0 aromatic carbocycles. The summed E-state index contributed by atoms with van der Waals surface area (Å²) in [6, 6.07) is 4.26. The van der Waals surface area contributed by atoms with Crippen molar-refractivity contribution >= 4 is 11.7 Å². The van der Waals surface area contributed by atoms with E-state index in [9.17, 15) is 4.79 Å². The fraction of sp³-hybridized carbons (Fsp3) is 0.474. The maximum Gasteiger partial charge on any atom is 0.227 e. The molecule has 2 aliphatic heterocycles. The zero-order valence-corrected chi connectivity index (χ0v) is 14.3. The van der Waals surface area contributed by atoms with Crippen LogP contribution in [0.1, 0.15) is 37.3 Å². The van der Waals surface area contributed by atoms with Gasteiger partial charge in [-0.1, -0.05) is 0 Å². The van der Waals surface area contributed by atoms with Crippen molar-refractivity contribution in [1.82, 2.24) is 19.9 Å². The Bertz CT molecular complexity index is 708. The first-order valence-electron chi connectivity index (χ1n) is 9.04. The summed E-state index contributed by atoms with van der Waals surface area (Å²) in [5.74, 6) is 1.19. The van der Waals surface area contributed by atoms with Crippen LogP contribution in [-0.4, -0.2) is 45.4 Å². The number of likely N-dealkylation sites (tertiary alicyclic amines) is 1. The molecule has 2 saturated heterocycles. The fourth-order valence-electron chi connectivity index (χ4n) is 4.04. The zero-order chi connectivity index (χ0) is 17.1. The smallest absolute Gasteiger partial charge is 0.227 e. The van der Waals surface area contributed by atoms with Gasteiger partial charge in [0.1, 0.15) is 5.82 Å². The number of aromatic nitrogens is 3. The van der Waals surface area contributed by atoms with E-state index in [1.165, 1.54) is 5.56 Å². The highest BCUT2D eigenvalue weighted by atomic mass is 16.2. The first-order valence-corrected chi connectivity index (χ1v) is 9.04. The summed E-state index contributed by atoms with van der Waals surface area (Å²) in [5, 5.41) is 0. The summed E-state index contributed by atoms with van der Waals surface area (Å²) in [4.78, 5) is 30.1. The van der Waals surface area contributed by atoms with Crippen molar-refractivity contribution in [1.29, 1.82) is 0 Å². The Hall–Kier alpha value is -2.50. The average molecular weight is 337 g/mol. The number of pyridine rings is 1. The van der Waals surface area contributed by atoms with E-state index in [0.717, 1.165) is 51.1 Å². The minimum Gasteiger partial charge on any atom is -0.355 e. The van der Waals surface area contributed by atoms with Gasteiger partial charge >= 0.3 is 0 Å². The minimum absolute atomic E-state index is 0.0400. The van der Waals surface area contributed by atoms with Gasteiger partial charge < -0.3 is 9.80 Å². The monoisotopic (exact) mass is 337 g/mol. The van der Waals surface area contributed by atoms with Gasteiger partial charge in [-0.15, -0.1) is 0 Å². The van der Waals surface area contributed by atoms with Gasteiger partial charge in [-0.05, 0) is 43.4 Å². The van der Waals surface area contributed by atoms with Gasteiger partial charge in [-0.3, -0.25) is 14.8 Å². The number of hydrogen-bond donors (Lipinski definition) is 0. The quantitative estimate of drug-likeness (QED) is 0.861. The van der Waals surface area contributed by atoms with Gasteiger partial charge in [0.15, 0.2) is 0 Å². The molecule has 0 spiro atoms. The Labute approximate surface area is 147 Å². The maximum atomic E-state index is 13.2. The van der Waals surface area contributed by atoms with Crippen LogP contribution in [0.4, 0.5) is 5.82 Å². The second-order valence-corrected chi connectivity index (χ2v) is 6.82. The molecule has 0 saturated carbocycles. The Morgan fingerprint density at radius 1 is 1.00 bits per heavy atom. The van der Waals surface area contributed by atoms with Crippen LogP contribution in [0, 0.1) is 5.92 Å². The summed E-state index contributed by atoms with van der Waals surface area (Å²) in [6.07, 6.45) is 12.9. The Morgan fingerprint density at radius 3 is 2.64 bits per heavy atom. The number of anilines is 1. The number of piperidine rings is 1. The number of carbonyl (C=O) groups is 1. The molecule has 2 atom stereocenters. The molecular weight excluding hydrogens is 314 g/mol. The van der Waals surface area contributed by atoms with Crippen LogP contribution in [0.25, 0.3) is 0 Å². The van der Waals surface area contributed by atoms with Crippen LogP contribution in [0.15, 0.2) is 43.1 Å². The molecule has 0 N–H and O–H groups in total. The summed E-state index contributed by atoms with van der Waals surface area (Å²) < 4.78 is 0. The standard InChI is InChI=1S/C19H23N5O/c25-19(24-12-2-4-17(24)15-5-7-20-8-6-15)16-3-1-11-23(14-16)18-13-21-9-10-22-18/h5-10,13,16-17H,1-4,11-12,14H2/t16-,17+/m0/s1. The summed E-state index contributed by atoms with van der Waals surface area (Å²) in [7, 11) is 0. The van der Waals surface area contributed by atoms with Crippen LogP contribution in [0.5, 0.6) is 0 Å². The second-order valence-electron chi connectivity index (χ2n) is 6.82. The van der Waals surface area contributed by atoms with E-state index < -0.39 is 0 Å². The third kappa shape index (κ3) is 3.34. The van der Waals surface area contributed by atoms with Crippen LogP contribution < -0.4 is 4.90 Å². The lowest BCUT2D eigenvalue weighted by Crippen LogP contribution is -2.45. The van der Waals surface area contributed by atoms with Crippen LogP contribution in [0.2, 0.25) is 0 Å². The van der Waals surface area contributed by atoms with Crippen molar-refractivity contribution in [3.05, 3.63) is 48.7 Å². The van der Waals surface area contributed by atoms with Crippen molar-refractivity contribution in [2.75, 3.05) is 24.5 Å². The first-order chi connectivity index (χ1) is 12.3. The van der Waals surface area contributed by atoms with E-state index in [1.54, 1.807) is 18.6 Å². The van der Waals surface area contributed by atoms with Gasteiger partial charge in [-0.2, -0.15) is 0 Å². The lowest BCUT2D eigenvalue weighted by atomic mass is 9.95. The Balaban J connectivity index is 1.48. The average Bonchev–Trinajstić information content (AvgIpc) is 3.19. The molecule has 0 aliphatic carbocycles. The van der Waals surface area contributed by atoms with Gasteiger partial charge in [0.25, 0.3) is 0 Å². The van der Waals surface area contributed by atoms with Gasteiger partial charge in [0, 0.05) is 44.4 Å². The molecule has 2 fully saturated rings. The predicted molar refractivity (Wildman–Crippen MR) is 94.9 cm³/mol. The lowest BCUT2D eigenvalue weighted by Gasteiger charge is -2.36. The molecular formula is C19H23N5O. The van der Waals surface area contributed by atoms with E-state index in [4.69, 9.17) is 0 Å². The van der Waals surface area contributed by atoms with E-state index in [-0.39, 0.29) is 17.9 Å². The SMILES string of the molecule is O=C([C@H]1CCCN(c2cnccn2)C1)N1CCC[C@@H]1c1ccncc1. The summed E-state index contributed by atoms with van der Waals surface area (Å²) >= 11 is 0. The molecule has 0 unspecified atom stereocenters. The molecule has 2 aliphatic rings. The highest BCUT2D eigenvalue weighted by Crippen LogP contribution is 2.34. The normalized spacial score (nSPS) is 23.7. The molecule has 2 aromatic rings. The van der Waals surface area contributed by atoms with Crippen molar-refractivity contribution in [3.63, 3.8) is 0 Å². The fourth-order valence-corrected chi connectivity index (χ4v) is 4.04. The highest BCUT2D eigenvalue weighted by Gasteiger charge is 2.36. The number of hydrogen-bond acceptors (Lipinski definition) is 5.